The highest BCUT2D eigenvalue weighted by Crippen LogP contribution is 2.31. The van der Waals surface area contributed by atoms with Crippen LogP contribution in [0.25, 0.3) is 5.70 Å². The molecular formula is C24H18ClN3O3. The fourth-order valence-electron chi connectivity index (χ4n) is 3.36. The highest BCUT2D eigenvalue weighted by atomic mass is 35.5. The fraction of sp³-hybridized carbons (Fsp3) is 0.0417. The maximum Gasteiger partial charge on any atom is 0.259 e. The summed E-state index contributed by atoms with van der Waals surface area (Å²) in [5, 5.41) is 6.06. The van der Waals surface area contributed by atoms with Crippen molar-refractivity contribution in [2.24, 2.45) is 0 Å². The Morgan fingerprint density at radius 2 is 1.52 bits per heavy atom. The Bertz CT molecular complexity index is 1170. The lowest BCUT2D eigenvalue weighted by atomic mass is 10.1. The van der Waals surface area contributed by atoms with Gasteiger partial charge >= 0.3 is 0 Å². The summed E-state index contributed by atoms with van der Waals surface area (Å²) in [4.78, 5) is 39.4. The average molecular weight is 432 g/mol. The number of nitrogens with one attached hydrogen (secondary N) is 2. The number of fused-ring (bicyclic) bond motifs is 1. The minimum atomic E-state index is -0.436. The Hall–Kier alpha value is -3.90. The van der Waals surface area contributed by atoms with Crippen LogP contribution in [0, 0.1) is 0 Å². The van der Waals surface area contributed by atoms with E-state index >= 15 is 0 Å². The monoisotopic (exact) mass is 431 g/mol. The summed E-state index contributed by atoms with van der Waals surface area (Å²) >= 11 is 5.87. The van der Waals surface area contributed by atoms with E-state index in [4.69, 9.17) is 11.6 Å². The van der Waals surface area contributed by atoms with Gasteiger partial charge in [-0.1, -0.05) is 48.5 Å². The van der Waals surface area contributed by atoms with E-state index in [2.05, 4.69) is 17.2 Å². The number of hydrogen-bond acceptors (Lipinski definition) is 3. The minimum Gasteiger partial charge on any atom is -0.324 e. The maximum atomic E-state index is 12.7. The van der Waals surface area contributed by atoms with Crippen LogP contribution in [0.2, 0.25) is 5.02 Å². The second-order valence-corrected chi connectivity index (χ2v) is 7.37. The van der Waals surface area contributed by atoms with E-state index in [1.165, 1.54) is 4.90 Å². The van der Waals surface area contributed by atoms with Crippen molar-refractivity contribution in [1.29, 1.82) is 0 Å². The standard InChI is InChI=1S/C24H18ClN3O3/c1-15-18-6-2-3-7-19(18)24(31)28(15)14-22(29)27-21-9-5-4-8-20(21)23(30)26-17-12-10-16(25)11-13-17/h2-13H,1,14H2,(H,26,30)(H,27,29). The molecular weight excluding hydrogens is 414 g/mol. The molecule has 3 aromatic carbocycles. The van der Waals surface area contributed by atoms with Crippen molar-refractivity contribution in [3.05, 3.63) is 101 Å². The van der Waals surface area contributed by atoms with Crippen LogP contribution >= 0.6 is 11.6 Å². The summed E-state index contributed by atoms with van der Waals surface area (Å²) in [5.74, 6) is -1.09. The molecule has 0 unspecified atom stereocenters. The van der Waals surface area contributed by atoms with Crippen LogP contribution in [0.4, 0.5) is 11.4 Å². The Morgan fingerprint density at radius 1 is 0.871 bits per heavy atom. The van der Waals surface area contributed by atoms with Crippen molar-refractivity contribution in [1.82, 2.24) is 4.90 Å². The molecule has 2 N–H and O–H groups in total. The zero-order valence-corrected chi connectivity index (χ0v) is 17.1. The van der Waals surface area contributed by atoms with Gasteiger partial charge in [-0.25, -0.2) is 0 Å². The van der Waals surface area contributed by atoms with Crippen LogP contribution in [-0.4, -0.2) is 29.2 Å². The van der Waals surface area contributed by atoms with E-state index in [-0.39, 0.29) is 18.4 Å². The molecule has 154 valence electrons. The number of nitrogens with zero attached hydrogens (tertiary/aromatic N) is 1. The van der Waals surface area contributed by atoms with E-state index in [1.807, 2.05) is 6.07 Å². The number of amides is 3. The lowest BCUT2D eigenvalue weighted by molar-refractivity contribution is -0.116. The van der Waals surface area contributed by atoms with E-state index in [9.17, 15) is 14.4 Å². The molecule has 4 rings (SSSR count). The molecule has 6 nitrogen and oxygen atoms in total. The first-order valence-electron chi connectivity index (χ1n) is 9.50. The molecule has 0 fully saturated rings. The van der Waals surface area contributed by atoms with Gasteiger partial charge in [0.2, 0.25) is 5.91 Å². The van der Waals surface area contributed by atoms with Gasteiger partial charge in [0.05, 0.1) is 11.3 Å². The largest absolute Gasteiger partial charge is 0.324 e. The van der Waals surface area contributed by atoms with Gasteiger partial charge in [-0.15, -0.1) is 0 Å². The molecule has 0 bridgehead atoms. The smallest absolute Gasteiger partial charge is 0.259 e. The molecule has 3 aromatic rings. The van der Waals surface area contributed by atoms with Gasteiger partial charge in [-0.2, -0.15) is 0 Å². The van der Waals surface area contributed by atoms with Crippen LogP contribution in [-0.2, 0) is 4.79 Å². The van der Waals surface area contributed by atoms with Crippen LogP contribution in [0.15, 0.2) is 79.4 Å². The van der Waals surface area contributed by atoms with Crippen LogP contribution in [0.1, 0.15) is 26.3 Å². The Balaban J connectivity index is 1.47. The van der Waals surface area contributed by atoms with E-state index in [0.717, 1.165) is 0 Å². The van der Waals surface area contributed by atoms with Crippen molar-refractivity contribution in [3.8, 4) is 0 Å². The maximum absolute atomic E-state index is 12.7. The third-order valence-electron chi connectivity index (χ3n) is 4.89. The summed E-state index contributed by atoms with van der Waals surface area (Å²) in [6.07, 6.45) is 0. The third-order valence-corrected chi connectivity index (χ3v) is 5.14. The second-order valence-electron chi connectivity index (χ2n) is 6.94. The lowest BCUT2D eigenvalue weighted by Gasteiger charge is -2.18. The Labute approximate surface area is 184 Å². The summed E-state index contributed by atoms with van der Waals surface area (Å²) in [5.41, 5.74) is 2.91. The van der Waals surface area contributed by atoms with Gasteiger partial charge in [-0.05, 0) is 42.5 Å². The summed E-state index contributed by atoms with van der Waals surface area (Å²) in [7, 11) is 0. The van der Waals surface area contributed by atoms with Gasteiger partial charge in [0.1, 0.15) is 6.54 Å². The fourth-order valence-corrected chi connectivity index (χ4v) is 3.48. The van der Waals surface area contributed by atoms with Gasteiger partial charge in [0.25, 0.3) is 11.8 Å². The minimum absolute atomic E-state index is 0.209. The van der Waals surface area contributed by atoms with Crippen molar-refractivity contribution < 1.29 is 14.4 Å². The zero-order valence-electron chi connectivity index (χ0n) is 16.4. The van der Waals surface area contributed by atoms with E-state index in [0.29, 0.717) is 38.8 Å². The van der Waals surface area contributed by atoms with Gasteiger partial charge in [0, 0.05) is 27.5 Å². The zero-order chi connectivity index (χ0) is 22.0. The quantitative estimate of drug-likeness (QED) is 0.616. The predicted molar refractivity (Wildman–Crippen MR) is 121 cm³/mol. The molecule has 1 aliphatic heterocycles. The topological polar surface area (TPSA) is 78.5 Å². The van der Waals surface area contributed by atoms with E-state index < -0.39 is 5.91 Å². The molecule has 0 radical (unpaired) electrons. The average Bonchev–Trinajstić information content (AvgIpc) is 3.01. The summed E-state index contributed by atoms with van der Waals surface area (Å²) in [6.45, 7) is 3.73. The van der Waals surface area contributed by atoms with Crippen molar-refractivity contribution in [3.63, 3.8) is 0 Å². The normalized spacial score (nSPS) is 12.5. The molecule has 0 atom stereocenters. The van der Waals surface area contributed by atoms with Crippen LogP contribution < -0.4 is 10.6 Å². The molecule has 1 aliphatic rings. The molecule has 0 aliphatic carbocycles. The molecule has 0 saturated carbocycles. The first-order valence-corrected chi connectivity index (χ1v) is 9.88. The van der Waals surface area contributed by atoms with Crippen molar-refractivity contribution in [2.45, 2.75) is 0 Å². The van der Waals surface area contributed by atoms with Gasteiger partial charge in [-0.3, -0.25) is 19.3 Å². The van der Waals surface area contributed by atoms with Crippen molar-refractivity contribution in [2.75, 3.05) is 17.2 Å². The third kappa shape index (κ3) is 4.20. The summed E-state index contributed by atoms with van der Waals surface area (Å²) in [6, 6.07) is 20.4. The van der Waals surface area contributed by atoms with Crippen LogP contribution in [0.5, 0.6) is 0 Å². The number of benzene rings is 3. The number of hydrogen-bond donors (Lipinski definition) is 2. The molecule has 0 aromatic heterocycles. The summed E-state index contributed by atoms with van der Waals surface area (Å²) < 4.78 is 0. The molecule has 3 amide bonds. The van der Waals surface area contributed by atoms with Gasteiger partial charge < -0.3 is 10.6 Å². The lowest BCUT2D eigenvalue weighted by Crippen LogP contribution is -2.33. The number of carbonyl (C=O) groups is 3. The highest BCUT2D eigenvalue weighted by molar-refractivity contribution is 6.30. The first kappa shape index (κ1) is 20.4. The Kier molecular flexibility index (Phi) is 5.56. The predicted octanol–water partition coefficient (Wildman–Crippen LogP) is 4.66. The van der Waals surface area contributed by atoms with Gasteiger partial charge in [0.15, 0.2) is 0 Å². The first-order chi connectivity index (χ1) is 14.9. The highest BCUT2D eigenvalue weighted by Gasteiger charge is 2.32. The number of carbonyl (C=O) groups excluding carboxylic acids is 3. The number of anilines is 2. The number of para-hydroxylation sites is 1. The SMILES string of the molecule is C=C1c2ccccc2C(=O)N1CC(=O)Nc1ccccc1C(=O)Nc1ccc(Cl)cc1. The molecule has 0 spiro atoms. The Morgan fingerprint density at radius 3 is 2.23 bits per heavy atom. The molecule has 7 heteroatoms. The number of rotatable bonds is 5. The molecule has 0 saturated heterocycles. The molecule has 1 heterocycles. The number of halogens is 1. The van der Waals surface area contributed by atoms with E-state index in [1.54, 1.807) is 66.7 Å². The van der Waals surface area contributed by atoms with Crippen LogP contribution in [0.3, 0.4) is 0 Å². The van der Waals surface area contributed by atoms with Crippen molar-refractivity contribution >= 4 is 46.4 Å². The molecule has 31 heavy (non-hydrogen) atoms. The second kappa shape index (κ2) is 8.45.